The minimum absolute atomic E-state index is 0.656. The fourth-order valence-electron chi connectivity index (χ4n) is 2.57. The van der Waals surface area contributed by atoms with E-state index in [9.17, 15) is 0 Å². The molecule has 0 unspecified atom stereocenters. The fraction of sp³-hybridized carbons (Fsp3) is 0.263. The summed E-state index contributed by atoms with van der Waals surface area (Å²) in [7, 11) is 3.63. The van der Waals surface area contributed by atoms with Gasteiger partial charge in [-0.05, 0) is 25.1 Å². The Morgan fingerprint density at radius 1 is 1.00 bits per heavy atom. The van der Waals surface area contributed by atoms with Crippen molar-refractivity contribution in [3.8, 4) is 22.9 Å². The highest BCUT2D eigenvalue weighted by Crippen LogP contribution is 2.32. The zero-order chi connectivity index (χ0) is 17.6. The maximum absolute atomic E-state index is 5.69. The molecular weight excluding hydrogens is 334 g/mol. The molecule has 6 heteroatoms. The third-order valence-corrected chi connectivity index (χ3v) is 4.88. The lowest BCUT2D eigenvalue weighted by molar-refractivity contribution is 0.337. The molecule has 0 aliphatic heterocycles. The molecule has 0 aliphatic rings. The van der Waals surface area contributed by atoms with E-state index in [0.717, 1.165) is 39.4 Å². The normalized spacial score (nSPS) is 10.7. The first-order valence-corrected chi connectivity index (χ1v) is 9.09. The highest BCUT2D eigenvalue weighted by Gasteiger charge is 2.15. The van der Waals surface area contributed by atoms with E-state index in [1.54, 1.807) is 18.9 Å². The van der Waals surface area contributed by atoms with E-state index in [0.29, 0.717) is 6.61 Å². The number of rotatable bonds is 7. The van der Waals surface area contributed by atoms with Crippen molar-refractivity contribution < 1.29 is 9.47 Å². The summed E-state index contributed by atoms with van der Waals surface area (Å²) in [6, 6.07) is 15.9. The quantitative estimate of drug-likeness (QED) is 0.595. The Hall–Kier alpha value is -2.47. The minimum Gasteiger partial charge on any atom is -0.496 e. The number of nitrogens with zero attached hydrogens (tertiary/aromatic N) is 3. The van der Waals surface area contributed by atoms with Gasteiger partial charge in [0, 0.05) is 18.4 Å². The lowest BCUT2D eigenvalue weighted by Gasteiger charge is -2.10. The molecule has 3 aromatic rings. The van der Waals surface area contributed by atoms with Crippen LogP contribution in [0, 0.1) is 0 Å². The molecule has 1 aromatic heterocycles. The number of ether oxygens (including phenoxy) is 2. The zero-order valence-electron chi connectivity index (χ0n) is 14.6. The highest BCUT2D eigenvalue weighted by atomic mass is 32.2. The summed E-state index contributed by atoms with van der Waals surface area (Å²) >= 11 is 1.64. The van der Waals surface area contributed by atoms with E-state index in [2.05, 4.69) is 16.3 Å². The largest absolute Gasteiger partial charge is 0.496 e. The maximum Gasteiger partial charge on any atom is 0.191 e. The summed E-state index contributed by atoms with van der Waals surface area (Å²) in [4.78, 5) is 0. The predicted octanol–water partition coefficient (Wildman–Crippen LogP) is 4.18. The van der Waals surface area contributed by atoms with E-state index in [-0.39, 0.29) is 0 Å². The Balaban J connectivity index is 1.81. The highest BCUT2D eigenvalue weighted by molar-refractivity contribution is 7.98. The molecule has 0 fully saturated rings. The first-order valence-electron chi connectivity index (χ1n) is 8.10. The van der Waals surface area contributed by atoms with E-state index < -0.39 is 0 Å². The average molecular weight is 355 g/mol. The molecule has 3 rings (SSSR count). The van der Waals surface area contributed by atoms with Gasteiger partial charge in [0.1, 0.15) is 11.5 Å². The SMILES string of the molecule is CCOc1ccccc1CSc1nnc(-c2ccccc2OC)n1C. The summed E-state index contributed by atoms with van der Waals surface area (Å²) in [6.45, 7) is 2.65. The summed E-state index contributed by atoms with van der Waals surface area (Å²) in [5, 5.41) is 9.54. The standard InChI is InChI=1S/C19H21N3O2S/c1-4-24-16-11-7-5-9-14(16)13-25-19-21-20-18(22(19)2)15-10-6-8-12-17(15)23-3/h5-12H,4,13H2,1-3H3. The lowest BCUT2D eigenvalue weighted by Crippen LogP contribution is -1.98. The van der Waals surface area contributed by atoms with Gasteiger partial charge in [0.2, 0.25) is 0 Å². The van der Waals surface area contributed by atoms with Crippen LogP contribution in [0.3, 0.4) is 0 Å². The Kier molecular flexibility index (Phi) is 5.60. The Labute approximate surface area is 152 Å². The van der Waals surface area contributed by atoms with Gasteiger partial charge in [-0.1, -0.05) is 42.1 Å². The Morgan fingerprint density at radius 2 is 1.72 bits per heavy atom. The van der Waals surface area contributed by atoms with Crippen LogP contribution in [0.1, 0.15) is 12.5 Å². The molecule has 0 radical (unpaired) electrons. The van der Waals surface area contributed by atoms with Crippen molar-refractivity contribution in [2.45, 2.75) is 17.8 Å². The molecule has 0 spiro atoms. The van der Waals surface area contributed by atoms with Crippen LogP contribution in [0.15, 0.2) is 53.7 Å². The summed E-state index contributed by atoms with van der Waals surface area (Å²) in [5.41, 5.74) is 2.08. The van der Waals surface area contributed by atoms with Gasteiger partial charge in [0.25, 0.3) is 0 Å². The van der Waals surface area contributed by atoms with Gasteiger partial charge in [-0.3, -0.25) is 0 Å². The number of methoxy groups -OCH3 is 1. The summed E-state index contributed by atoms with van der Waals surface area (Å²) in [5.74, 6) is 3.27. The molecule has 0 amide bonds. The van der Waals surface area contributed by atoms with Crippen molar-refractivity contribution in [3.05, 3.63) is 54.1 Å². The molecule has 1 heterocycles. The van der Waals surface area contributed by atoms with Gasteiger partial charge in [0.05, 0.1) is 19.3 Å². The van der Waals surface area contributed by atoms with Crippen molar-refractivity contribution in [2.24, 2.45) is 7.05 Å². The summed E-state index contributed by atoms with van der Waals surface area (Å²) < 4.78 is 13.1. The van der Waals surface area contributed by atoms with Crippen LogP contribution in [-0.2, 0) is 12.8 Å². The molecule has 5 nitrogen and oxygen atoms in total. The molecular formula is C19H21N3O2S. The van der Waals surface area contributed by atoms with Crippen LogP contribution in [0.5, 0.6) is 11.5 Å². The number of aromatic nitrogens is 3. The van der Waals surface area contributed by atoms with Crippen LogP contribution in [0.2, 0.25) is 0 Å². The smallest absolute Gasteiger partial charge is 0.191 e. The number of para-hydroxylation sites is 2. The van der Waals surface area contributed by atoms with Crippen molar-refractivity contribution in [2.75, 3.05) is 13.7 Å². The van der Waals surface area contributed by atoms with Crippen LogP contribution in [0.25, 0.3) is 11.4 Å². The van der Waals surface area contributed by atoms with Crippen molar-refractivity contribution >= 4 is 11.8 Å². The van der Waals surface area contributed by atoms with Crippen molar-refractivity contribution in [3.63, 3.8) is 0 Å². The Bertz CT molecular complexity index is 848. The van der Waals surface area contributed by atoms with Crippen molar-refractivity contribution in [1.29, 1.82) is 0 Å². The molecule has 0 N–H and O–H groups in total. The maximum atomic E-state index is 5.69. The second-order valence-corrected chi connectivity index (χ2v) is 6.34. The third kappa shape index (κ3) is 3.79. The Morgan fingerprint density at radius 3 is 2.48 bits per heavy atom. The average Bonchev–Trinajstić information content (AvgIpc) is 3.01. The fourth-order valence-corrected chi connectivity index (χ4v) is 3.47. The van der Waals surface area contributed by atoms with E-state index in [1.165, 1.54) is 0 Å². The molecule has 130 valence electrons. The zero-order valence-corrected chi connectivity index (χ0v) is 15.4. The van der Waals surface area contributed by atoms with Gasteiger partial charge in [-0.15, -0.1) is 10.2 Å². The van der Waals surface area contributed by atoms with Gasteiger partial charge in [0.15, 0.2) is 11.0 Å². The van der Waals surface area contributed by atoms with Gasteiger partial charge in [-0.25, -0.2) is 0 Å². The third-order valence-electron chi connectivity index (χ3n) is 3.81. The molecule has 0 saturated heterocycles. The number of thioether (sulfide) groups is 1. The topological polar surface area (TPSA) is 49.2 Å². The van der Waals surface area contributed by atoms with Crippen LogP contribution in [-0.4, -0.2) is 28.5 Å². The number of hydrogen-bond donors (Lipinski definition) is 0. The van der Waals surface area contributed by atoms with Crippen LogP contribution >= 0.6 is 11.8 Å². The number of hydrogen-bond acceptors (Lipinski definition) is 5. The van der Waals surface area contributed by atoms with Gasteiger partial charge in [-0.2, -0.15) is 0 Å². The molecule has 25 heavy (non-hydrogen) atoms. The first kappa shape index (κ1) is 17.4. The van der Waals surface area contributed by atoms with E-state index in [4.69, 9.17) is 9.47 Å². The van der Waals surface area contributed by atoms with E-state index in [1.807, 2.05) is 61.0 Å². The van der Waals surface area contributed by atoms with Crippen LogP contribution < -0.4 is 9.47 Å². The molecule has 2 aromatic carbocycles. The predicted molar refractivity (Wildman–Crippen MR) is 100 cm³/mol. The minimum atomic E-state index is 0.656. The lowest BCUT2D eigenvalue weighted by atomic mass is 10.2. The molecule has 0 saturated carbocycles. The summed E-state index contributed by atoms with van der Waals surface area (Å²) in [6.07, 6.45) is 0. The number of benzene rings is 2. The van der Waals surface area contributed by atoms with Gasteiger partial charge < -0.3 is 14.0 Å². The molecule has 0 aliphatic carbocycles. The monoisotopic (exact) mass is 355 g/mol. The van der Waals surface area contributed by atoms with Gasteiger partial charge >= 0.3 is 0 Å². The first-order chi connectivity index (χ1) is 12.2. The van der Waals surface area contributed by atoms with E-state index >= 15 is 0 Å². The second-order valence-electron chi connectivity index (χ2n) is 5.39. The van der Waals surface area contributed by atoms with Crippen LogP contribution in [0.4, 0.5) is 0 Å². The molecule has 0 atom stereocenters. The second kappa shape index (κ2) is 8.07. The molecule has 0 bridgehead atoms. The van der Waals surface area contributed by atoms with Crippen molar-refractivity contribution in [1.82, 2.24) is 14.8 Å².